The first-order valence-electron chi connectivity index (χ1n) is 7.44. The van der Waals surface area contributed by atoms with Gasteiger partial charge in [0.2, 0.25) is 0 Å². The van der Waals surface area contributed by atoms with E-state index < -0.39 is 5.97 Å². The highest BCUT2D eigenvalue weighted by atomic mass is 16.5. The van der Waals surface area contributed by atoms with Crippen LogP contribution in [0.15, 0.2) is 24.3 Å². The van der Waals surface area contributed by atoms with E-state index in [2.05, 4.69) is 4.90 Å². The molecule has 120 valence electrons. The maximum Gasteiger partial charge on any atom is 0.323 e. The molecule has 1 aromatic rings. The Morgan fingerprint density at radius 3 is 2.32 bits per heavy atom. The van der Waals surface area contributed by atoms with Crippen LogP contribution in [0.1, 0.15) is 24.2 Å². The highest BCUT2D eigenvalue weighted by Gasteiger charge is 2.21. The fraction of sp³-hybridized carbons (Fsp3) is 0.500. The van der Waals surface area contributed by atoms with E-state index in [1.54, 1.807) is 12.1 Å². The zero-order valence-corrected chi connectivity index (χ0v) is 13.0. The Bertz CT molecular complexity index is 521. The number of carboxylic acid groups (broad SMARTS) is 1. The third-order valence-electron chi connectivity index (χ3n) is 3.68. The summed E-state index contributed by atoms with van der Waals surface area (Å²) in [6, 6.07) is 7.15. The van der Waals surface area contributed by atoms with E-state index in [4.69, 9.17) is 9.84 Å². The summed E-state index contributed by atoms with van der Waals surface area (Å²) in [5, 5.41) is 8.93. The minimum absolute atomic E-state index is 0.164. The van der Waals surface area contributed by atoms with Crippen molar-refractivity contribution in [2.24, 2.45) is 0 Å². The third-order valence-corrected chi connectivity index (χ3v) is 3.68. The van der Waals surface area contributed by atoms with Gasteiger partial charge in [0.05, 0.1) is 13.2 Å². The van der Waals surface area contributed by atoms with E-state index in [1.807, 2.05) is 26.0 Å². The first-order chi connectivity index (χ1) is 10.5. The Morgan fingerprint density at radius 1 is 1.23 bits per heavy atom. The van der Waals surface area contributed by atoms with Gasteiger partial charge < -0.3 is 19.6 Å². The first-order valence-corrected chi connectivity index (χ1v) is 7.44. The third kappa shape index (κ3) is 3.98. The number of hydrogen-bond acceptors (Lipinski definition) is 4. The van der Waals surface area contributed by atoms with Gasteiger partial charge >= 0.3 is 5.97 Å². The number of nitrogens with zero attached hydrogens (tertiary/aromatic N) is 2. The number of benzene rings is 1. The van der Waals surface area contributed by atoms with Gasteiger partial charge in [-0.3, -0.25) is 9.59 Å². The van der Waals surface area contributed by atoms with Gasteiger partial charge in [-0.15, -0.1) is 0 Å². The molecule has 6 heteroatoms. The van der Waals surface area contributed by atoms with Crippen molar-refractivity contribution in [2.75, 3.05) is 37.7 Å². The Labute approximate surface area is 130 Å². The van der Waals surface area contributed by atoms with Crippen LogP contribution in [0.5, 0.6) is 0 Å². The number of carbonyl (C=O) groups is 2. The summed E-state index contributed by atoms with van der Waals surface area (Å²) in [5.74, 6) is -1.27. The topological polar surface area (TPSA) is 70.1 Å². The maximum absolute atomic E-state index is 12.4. The number of anilines is 1. The molecule has 1 amide bonds. The van der Waals surface area contributed by atoms with E-state index in [0.717, 1.165) is 18.8 Å². The summed E-state index contributed by atoms with van der Waals surface area (Å²) in [5.41, 5.74) is 1.56. The van der Waals surface area contributed by atoms with E-state index in [0.29, 0.717) is 18.8 Å². The highest BCUT2D eigenvalue weighted by Crippen LogP contribution is 2.18. The second-order valence-electron chi connectivity index (χ2n) is 5.57. The predicted octanol–water partition coefficient (Wildman–Crippen LogP) is 1.46. The molecule has 0 radical (unpaired) electrons. The molecule has 0 spiro atoms. The molecule has 1 aliphatic heterocycles. The van der Waals surface area contributed by atoms with Crippen molar-refractivity contribution in [1.82, 2.24) is 4.90 Å². The maximum atomic E-state index is 12.4. The average Bonchev–Trinajstić information content (AvgIpc) is 2.52. The van der Waals surface area contributed by atoms with Crippen LogP contribution in [0, 0.1) is 0 Å². The summed E-state index contributed by atoms with van der Waals surface area (Å²) < 4.78 is 5.32. The number of carbonyl (C=O) groups excluding carboxylic acids is 1. The molecule has 1 heterocycles. The van der Waals surface area contributed by atoms with Gasteiger partial charge in [0, 0.05) is 30.4 Å². The Morgan fingerprint density at radius 2 is 1.82 bits per heavy atom. The van der Waals surface area contributed by atoms with E-state index in [9.17, 15) is 9.59 Å². The summed E-state index contributed by atoms with van der Waals surface area (Å²) in [6.07, 6.45) is 0. The summed E-state index contributed by atoms with van der Waals surface area (Å²) >= 11 is 0. The second-order valence-corrected chi connectivity index (χ2v) is 5.57. The van der Waals surface area contributed by atoms with Crippen LogP contribution in [0.25, 0.3) is 0 Å². The van der Waals surface area contributed by atoms with Crippen LogP contribution >= 0.6 is 0 Å². The lowest BCUT2D eigenvalue weighted by Crippen LogP contribution is -2.40. The van der Waals surface area contributed by atoms with E-state index >= 15 is 0 Å². The fourth-order valence-corrected chi connectivity index (χ4v) is 2.44. The molecule has 1 fully saturated rings. The van der Waals surface area contributed by atoms with Crippen molar-refractivity contribution in [2.45, 2.75) is 19.9 Å². The van der Waals surface area contributed by atoms with Crippen LogP contribution in [0.4, 0.5) is 5.69 Å². The van der Waals surface area contributed by atoms with Crippen LogP contribution in [0.3, 0.4) is 0 Å². The van der Waals surface area contributed by atoms with Gasteiger partial charge in [0.15, 0.2) is 0 Å². The molecule has 0 saturated carbocycles. The van der Waals surface area contributed by atoms with Gasteiger partial charge in [0.25, 0.3) is 5.91 Å². The largest absolute Gasteiger partial charge is 0.480 e. The SMILES string of the molecule is CC(C)N(CC(=O)O)C(=O)c1ccc(N2CCOCC2)cc1. The molecule has 1 saturated heterocycles. The van der Waals surface area contributed by atoms with Gasteiger partial charge in [-0.1, -0.05) is 0 Å². The molecule has 2 rings (SSSR count). The highest BCUT2D eigenvalue weighted by molar-refractivity contribution is 5.96. The number of morpholine rings is 1. The average molecular weight is 306 g/mol. The van der Waals surface area contributed by atoms with Gasteiger partial charge in [0.1, 0.15) is 6.54 Å². The molecule has 0 aromatic heterocycles. The quantitative estimate of drug-likeness (QED) is 0.892. The van der Waals surface area contributed by atoms with E-state index in [1.165, 1.54) is 4.90 Å². The van der Waals surface area contributed by atoms with Crippen LogP contribution in [-0.4, -0.2) is 60.8 Å². The number of hydrogen-bond donors (Lipinski definition) is 1. The molecule has 1 aliphatic rings. The fourth-order valence-electron chi connectivity index (χ4n) is 2.44. The minimum Gasteiger partial charge on any atom is -0.480 e. The molecular weight excluding hydrogens is 284 g/mol. The lowest BCUT2D eigenvalue weighted by atomic mass is 10.1. The van der Waals surface area contributed by atoms with Crippen molar-refractivity contribution in [3.63, 3.8) is 0 Å². The Kier molecular flexibility index (Phi) is 5.38. The van der Waals surface area contributed by atoms with Crippen molar-refractivity contribution in [1.29, 1.82) is 0 Å². The summed E-state index contributed by atoms with van der Waals surface area (Å²) in [7, 11) is 0. The van der Waals surface area contributed by atoms with Crippen LogP contribution < -0.4 is 4.90 Å². The van der Waals surface area contributed by atoms with Gasteiger partial charge in [-0.25, -0.2) is 0 Å². The van der Waals surface area contributed by atoms with E-state index in [-0.39, 0.29) is 18.5 Å². The number of rotatable bonds is 5. The smallest absolute Gasteiger partial charge is 0.323 e. The lowest BCUT2D eigenvalue weighted by Gasteiger charge is -2.29. The number of ether oxygens (including phenoxy) is 1. The molecule has 0 atom stereocenters. The van der Waals surface area contributed by atoms with Crippen LogP contribution in [0.2, 0.25) is 0 Å². The van der Waals surface area contributed by atoms with Crippen LogP contribution in [-0.2, 0) is 9.53 Å². The summed E-state index contributed by atoms with van der Waals surface area (Å²) in [6.45, 7) is 6.42. The lowest BCUT2D eigenvalue weighted by molar-refractivity contribution is -0.138. The zero-order valence-electron chi connectivity index (χ0n) is 13.0. The second kappa shape index (κ2) is 7.26. The number of aliphatic carboxylic acids is 1. The Balaban J connectivity index is 2.10. The predicted molar refractivity (Wildman–Crippen MR) is 83.3 cm³/mol. The first kappa shape index (κ1) is 16.3. The molecular formula is C16H22N2O4. The minimum atomic E-state index is -1.01. The van der Waals surface area contributed by atoms with Crippen molar-refractivity contribution in [3.8, 4) is 0 Å². The molecule has 0 aliphatic carbocycles. The van der Waals surface area contributed by atoms with Crippen molar-refractivity contribution >= 4 is 17.6 Å². The molecule has 0 unspecified atom stereocenters. The van der Waals surface area contributed by atoms with Crippen molar-refractivity contribution in [3.05, 3.63) is 29.8 Å². The van der Waals surface area contributed by atoms with Gasteiger partial charge in [-0.05, 0) is 38.1 Å². The summed E-state index contributed by atoms with van der Waals surface area (Å²) in [4.78, 5) is 26.9. The standard InChI is InChI=1S/C16H22N2O4/c1-12(2)18(11-15(19)20)16(21)13-3-5-14(6-4-13)17-7-9-22-10-8-17/h3-6,12H,7-11H2,1-2H3,(H,19,20). The molecule has 22 heavy (non-hydrogen) atoms. The number of amides is 1. The van der Waals surface area contributed by atoms with Crippen molar-refractivity contribution < 1.29 is 19.4 Å². The molecule has 6 nitrogen and oxygen atoms in total. The molecule has 1 aromatic carbocycles. The normalized spacial score (nSPS) is 15.0. The Hall–Kier alpha value is -2.08. The van der Waals surface area contributed by atoms with Gasteiger partial charge in [-0.2, -0.15) is 0 Å². The monoisotopic (exact) mass is 306 g/mol. The molecule has 1 N–H and O–H groups in total. The zero-order chi connectivity index (χ0) is 16.1. The molecule has 0 bridgehead atoms. The number of carboxylic acids is 1.